The lowest BCUT2D eigenvalue weighted by Crippen LogP contribution is -2.36. The van der Waals surface area contributed by atoms with E-state index in [9.17, 15) is 9.59 Å². The zero-order chi connectivity index (χ0) is 21.6. The second-order valence-corrected chi connectivity index (χ2v) is 8.09. The molecule has 31 heavy (non-hydrogen) atoms. The predicted octanol–water partition coefficient (Wildman–Crippen LogP) is 4.57. The Morgan fingerprint density at radius 2 is 1.42 bits per heavy atom. The second-order valence-electron chi connectivity index (χ2n) is 8.09. The minimum absolute atomic E-state index is 0.0578. The van der Waals surface area contributed by atoms with Gasteiger partial charge in [-0.25, -0.2) is 0 Å². The highest BCUT2D eigenvalue weighted by Crippen LogP contribution is 2.19. The minimum atomic E-state index is -0.111. The zero-order valence-corrected chi connectivity index (χ0v) is 18.0. The Labute approximate surface area is 184 Å². The molecule has 0 N–H and O–H groups in total. The first-order valence-electron chi connectivity index (χ1n) is 10.9. The van der Waals surface area contributed by atoms with E-state index < -0.39 is 0 Å². The van der Waals surface area contributed by atoms with Crippen molar-refractivity contribution >= 4 is 11.7 Å². The Bertz CT molecular complexity index is 1060. The van der Waals surface area contributed by atoms with Crippen LogP contribution in [-0.2, 0) is 6.54 Å². The first kappa shape index (κ1) is 21.0. The van der Waals surface area contributed by atoms with E-state index in [0.29, 0.717) is 29.8 Å². The van der Waals surface area contributed by atoms with Crippen LogP contribution in [0.15, 0.2) is 78.9 Å². The number of benzene rings is 3. The van der Waals surface area contributed by atoms with Crippen molar-refractivity contribution in [3.63, 3.8) is 0 Å². The number of hydrogen-bond acceptors (Lipinski definition) is 3. The van der Waals surface area contributed by atoms with Gasteiger partial charge in [0.1, 0.15) is 0 Å². The van der Waals surface area contributed by atoms with Crippen LogP contribution in [0.5, 0.6) is 0 Å². The van der Waals surface area contributed by atoms with Gasteiger partial charge in [0.05, 0.1) is 5.56 Å². The SMILES string of the molecule is Cc1ccccc1CN1CCCN(C(=O)c2ccccc2C(=O)c2ccccc2)CC1. The van der Waals surface area contributed by atoms with Crippen LogP contribution >= 0.6 is 0 Å². The third-order valence-electron chi connectivity index (χ3n) is 5.97. The zero-order valence-electron chi connectivity index (χ0n) is 18.0. The van der Waals surface area contributed by atoms with Crippen molar-refractivity contribution in [1.29, 1.82) is 0 Å². The van der Waals surface area contributed by atoms with Crippen LogP contribution in [-0.4, -0.2) is 47.7 Å². The van der Waals surface area contributed by atoms with E-state index in [2.05, 4.69) is 36.1 Å². The number of amides is 1. The first-order valence-corrected chi connectivity index (χ1v) is 10.9. The van der Waals surface area contributed by atoms with Crippen LogP contribution in [0, 0.1) is 6.92 Å². The van der Waals surface area contributed by atoms with Crippen LogP contribution in [0.4, 0.5) is 0 Å². The quantitative estimate of drug-likeness (QED) is 0.576. The van der Waals surface area contributed by atoms with Gasteiger partial charge in [0, 0.05) is 43.9 Å². The van der Waals surface area contributed by atoms with Crippen LogP contribution < -0.4 is 0 Å². The number of aryl methyl sites for hydroxylation is 1. The molecule has 0 atom stereocenters. The highest BCUT2D eigenvalue weighted by Gasteiger charge is 2.24. The van der Waals surface area contributed by atoms with Gasteiger partial charge in [0.15, 0.2) is 5.78 Å². The fraction of sp³-hybridized carbons (Fsp3) is 0.259. The molecule has 1 aliphatic heterocycles. The number of hydrogen-bond donors (Lipinski definition) is 0. The summed E-state index contributed by atoms with van der Waals surface area (Å²) in [5.74, 6) is -0.168. The molecule has 0 radical (unpaired) electrons. The monoisotopic (exact) mass is 412 g/mol. The Morgan fingerprint density at radius 1 is 0.742 bits per heavy atom. The summed E-state index contributed by atoms with van der Waals surface area (Å²) in [5, 5.41) is 0. The van der Waals surface area contributed by atoms with Gasteiger partial charge in [-0.05, 0) is 30.5 Å². The van der Waals surface area contributed by atoms with Gasteiger partial charge in [0.25, 0.3) is 5.91 Å². The topological polar surface area (TPSA) is 40.6 Å². The summed E-state index contributed by atoms with van der Waals surface area (Å²) in [4.78, 5) is 30.7. The highest BCUT2D eigenvalue weighted by atomic mass is 16.2. The molecule has 0 bridgehead atoms. The van der Waals surface area contributed by atoms with E-state index in [0.717, 1.165) is 26.1 Å². The Kier molecular flexibility index (Phi) is 6.58. The van der Waals surface area contributed by atoms with Crippen LogP contribution in [0.2, 0.25) is 0 Å². The third-order valence-corrected chi connectivity index (χ3v) is 5.97. The molecule has 3 aromatic rings. The van der Waals surface area contributed by atoms with Crippen molar-refractivity contribution in [2.75, 3.05) is 26.2 Å². The fourth-order valence-electron chi connectivity index (χ4n) is 4.14. The molecule has 158 valence electrons. The van der Waals surface area contributed by atoms with Gasteiger partial charge in [0.2, 0.25) is 0 Å². The molecule has 1 amide bonds. The summed E-state index contributed by atoms with van der Waals surface area (Å²) in [5.41, 5.74) is 4.19. The van der Waals surface area contributed by atoms with Crippen molar-refractivity contribution in [2.24, 2.45) is 0 Å². The van der Waals surface area contributed by atoms with Crippen molar-refractivity contribution < 1.29 is 9.59 Å². The molecular weight excluding hydrogens is 384 g/mol. The number of carbonyl (C=O) groups excluding carboxylic acids is 2. The summed E-state index contributed by atoms with van der Waals surface area (Å²) in [6.07, 6.45) is 0.923. The lowest BCUT2D eigenvalue weighted by molar-refractivity contribution is 0.0756. The normalized spacial score (nSPS) is 14.8. The van der Waals surface area contributed by atoms with E-state index in [1.54, 1.807) is 24.3 Å². The summed E-state index contributed by atoms with van der Waals surface area (Å²) in [6, 6.07) is 24.8. The maximum absolute atomic E-state index is 13.4. The van der Waals surface area contributed by atoms with Crippen LogP contribution in [0.25, 0.3) is 0 Å². The minimum Gasteiger partial charge on any atom is -0.337 e. The maximum Gasteiger partial charge on any atom is 0.254 e. The number of ketones is 1. The lowest BCUT2D eigenvalue weighted by Gasteiger charge is -2.23. The molecule has 0 unspecified atom stereocenters. The average Bonchev–Trinajstić information content (AvgIpc) is 3.06. The molecule has 0 saturated carbocycles. The van der Waals surface area contributed by atoms with E-state index in [-0.39, 0.29) is 11.7 Å². The molecular formula is C27H28N2O2. The van der Waals surface area contributed by atoms with Crippen molar-refractivity contribution in [3.8, 4) is 0 Å². The summed E-state index contributed by atoms with van der Waals surface area (Å²) in [7, 11) is 0. The Morgan fingerprint density at radius 3 is 2.19 bits per heavy atom. The maximum atomic E-state index is 13.4. The molecule has 1 aliphatic rings. The molecule has 0 aliphatic carbocycles. The van der Waals surface area contributed by atoms with Crippen LogP contribution in [0.1, 0.15) is 43.8 Å². The molecule has 1 saturated heterocycles. The van der Waals surface area contributed by atoms with E-state index >= 15 is 0 Å². The van der Waals surface area contributed by atoms with Gasteiger partial charge in [-0.2, -0.15) is 0 Å². The molecule has 1 fully saturated rings. The lowest BCUT2D eigenvalue weighted by atomic mass is 9.97. The van der Waals surface area contributed by atoms with Crippen molar-refractivity contribution in [3.05, 3.63) is 107 Å². The van der Waals surface area contributed by atoms with E-state index in [1.165, 1.54) is 11.1 Å². The summed E-state index contributed by atoms with van der Waals surface area (Å²) < 4.78 is 0. The van der Waals surface area contributed by atoms with Gasteiger partial charge < -0.3 is 4.90 Å². The van der Waals surface area contributed by atoms with E-state index in [1.807, 2.05) is 35.2 Å². The average molecular weight is 413 g/mol. The van der Waals surface area contributed by atoms with Gasteiger partial charge >= 0.3 is 0 Å². The largest absolute Gasteiger partial charge is 0.337 e. The van der Waals surface area contributed by atoms with Crippen molar-refractivity contribution in [2.45, 2.75) is 19.9 Å². The fourth-order valence-corrected chi connectivity index (χ4v) is 4.14. The van der Waals surface area contributed by atoms with E-state index in [4.69, 9.17) is 0 Å². The molecule has 4 nitrogen and oxygen atoms in total. The molecule has 4 heteroatoms. The number of rotatable bonds is 5. The van der Waals surface area contributed by atoms with Crippen molar-refractivity contribution in [1.82, 2.24) is 9.80 Å². The van der Waals surface area contributed by atoms with Gasteiger partial charge in [-0.1, -0.05) is 72.8 Å². The smallest absolute Gasteiger partial charge is 0.254 e. The van der Waals surface area contributed by atoms with Crippen LogP contribution in [0.3, 0.4) is 0 Å². The number of carbonyl (C=O) groups is 2. The predicted molar refractivity (Wildman–Crippen MR) is 123 cm³/mol. The number of nitrogens with zero attached hydrogens (tertiary/aromatic N) is 2. The highest BCUT2D eigenvalue weighted by molar-refractivity contribution is 6.15. The van der Waals surface area contributed by atoms with Gasteiger partial charge in [-0.3, -0.25) is 14.5 Å². The summed E-state index contributed by atoms with van der Waals surface area (Å²) in [6.45, 7) is 6.20. The molecule has 1 heterocycles. The second kappa shape index (κ2) is 9.71. The molecule has 0 aromatic heterocycles. The summed E-state index contributed by atoms with van der Waals surface area (Å²) >= 11 is 0. The molecule has 0 spiro atoms. The first-order chi connectivity index (χ1) is 15.1. The molecule has 4 rings (SSSR count). The Hall–Kier alpha value is -3.24. The standard InChI is InChI=1S/C27H28N2O2/c1-21-10-5-6-13-23(21)20-28-16-9-17-29(19-18-28)27(31)25-15-8-7-14-24(25)26(30)22-11-3-2-4-12-22/h2-8,10-15H,9,16-20H2,1H3. The molecule has 3 aromatic carbocycles. The Balaban J connectivity index is 1.48. The third kappa shape index (κ3) is 4.92. The van der Waals surface area contributed by atoms with Gasteiger partial charge in [-0.15, -0.1) is 0 Å².